The van der Waals surface area contributed by atoms with Crippen LogP contribution in [0.4, 0.5) is 0 Å². The van der Waals surface area contributed by atoms with E-state index in [9.17, 15) is 19.2 Å². The van der Waals surface area contributed by atoms with Gasteiger partial charge in [0, 0.05) is 32.4 Å². The van der Waals surface area contributed by atoms with E-state index in [2.05, 4.69) is 26.5 Å². The Hall–Kier alpha value is -3.98. The molecule has 2 aliphatic carbocycles. The lowest BCUT2D eigenvalue weighted by molar-refractivity contribution is -0.256. The highest BCUT2D eigenvalue weighted by Crippen LogP contribution is 2.67. The van der Waals surface area contributed by atoms with Crippen molar-refractivity contribution < 1.29 is 42.9 Å². The first-order chi connectivity index (χ1) is 20.8. The Kier molecular flexibility index (Phi) is 9.98. The summed E-state index contributed by atoms with van der Waals surface area (Å²) in [5.41, 5.74) is 0.545. The number of carbonyl (C=O) groups excluding carboxylic acids is 4. The van der Waals surface area contributed by atoms with Crippen LogP contribution in [0.5, 0.6) is 0 Å². The van der Waals surface area contributed by atoms with Crippen LogP contribution in [0.15, 0.2) is 72.4 Å². The average molecular weight is 607 g/mol. The second-order valence-electron chi connectivity index (χ2n) is 12.2. The third-order valence-corrected chi connectivity index (χ3v) is 9.34. The van der Waals surface area contributed by atoms with Gasteiger partial charge in [-0.1, -0.05) is 68.5 Å². The first kappa shape index (κ1) is 32.9. The van der Waals surface area contributed by atoms with Crippen molar-refractivity contribution in [3.63, 3.8) is 0 Å². The van der Waals surface area contributed by atoms with Crippen molar-refractivity contribution in [1.82, 2.24) is 0 Å². The molecule has 8 atom stereocenters. The number of benzene rings is 1. The minimum atomic E-state index is -1.25. The molecule has 4 rings (SSSR count). The quantitative estimate of drug-likeness (QED) is 0.112. The normalized spacial score (nSPS) is 33.0. The molecule has 1 saturated carbocycles. The summed E-state index contributed by atoms with van der Waals surface area (Å²) in [6.45, 7) is 13.9. The zero-order chi connectivity index (χ0) is 32.2. The third kappa shape index (κ3) is 6.58. The van der Waals surface area contributed by atoms with Crippen LogP contribution < -0.4 is 0 Å². The molecule has 0 amide bonds. The molecular formula is C35H42O9. The average Bonchev–Trinajstić information content (AvgIpc) is 3.25. The van der Waals surface area contributed by atoms with Crippen molar-refractivity contribution in [2.75, 3.05) is 0 Å². The Labute approximate surface area is 258 Å². The number of ether oxygens (including phenoxy) is 5. The van der Waals surface area contributed by atoms with Crippen molar-refractivity contribution >= 4 is 30.0 Å². The number of rotatable bonds is 9. The van der Waals surface area contributed by atoms with E-state index >= 15 is 0 Å². The van der Waals surface area contributed by atoms with Crippen LogP contribution in [0.2, 0.25) is 0 Å². The fraction of sp³-hybridized carbons (Fsp3) is 0.486. The van der Waals surface area contributed by atoms with Gasteiger partial charge in [0.1, 0.15) is 17.6 Å². The number of allylic oxidation sites excluding steroid dienone is 3. The summed E-state index contributed by atoms with van der Waals surface area (Å²) < 4.78 is 29.7. The molecular weight excluding hydrogens is 564 g/mol. The van der Waals surface area contributed by atoms with Crippen LogP contribution >= 0.6 is 0 Å². The highest BCUT2D eigenvalue weighted by molar-refractivity contribution is 5.87. The van der Waals surface area contributed by atoms with Crippen LogP contribution in [0, 0.1) is 22.7 Å². The lowest BCUT2D eigenvalue weighted by atomic mass is 9.45. The molecule has 1 saturated heterocycles. The molecule has 0 radical (unpaired) electrons. The Bertz CT molecular complexity index is 1380. The van der Waals surface area contributed by atoms with Crippen LogP contribution in [0.25, 0.3) is 6.08 Å². The van der Waals surface area contributed by atoms with E-state index in [1.807, 2.05) is 37.3 Å². The van der Waals surface area contributed by atoms with Crippen LogP contribution in [0.1, 0.15) is 66.4 Å². The zero-order valence-electron chi connectivity index (χ0n) is 26.2. The van der Waals surface area contributed by atoms with Gasteiger partial charge >= 0.3 is 23.9 Å². The summed E-state index contributed by atoms with van der Waals surface area (Å²) in [6, 6.07) is 9.36. The molecule has 9 heteroatoms. The van der Waals surface area contributed by atoms with Gasteiger partial charge in [-0.15, -0.1) is 0 Å². The lowest BCUT2D eigenvalue weighted by Gasteiger charge is -2.60. The summed E-state index contributed by atoms with van der Waals surface area (Å²) in [5.74, 6) is -2.69. The maximum absolute atomic E-state index is 13.4. The van der Waals surface area contributed by atoms with Gasteiger partial charge in [-0.3, -0.25) is 19.1 Å². The number of esters is 4. The van der Waals surface area contributed by atoms with Gasteiger partial charge in [-0.2, -0.15) is 0 Å². The molecule has 1 heterocycles. The predicted molar refractivity (Wildman–Crippen MR) is 162 cm³/mol. The van der Waals surface area contributed by atoms with Gasteiger partial charge in [0.25, 0.3) is 0 Å². The molecule has 44 heavy (non-hydrogen) atoms. The molecule has 0 N–H and O–H groups in total. The number of hydrogen-bond donors (Lipinski definition) is 0. The van der Waals surface area contributed by atoms with Crippen molar-refractivity contribution in [1.29, 1.82) is 0 Å². The van der Waals surface area contributed by atoms with Crippen molar-refractivity contribution in [2.24, 2.45) is 22.7 Å². The highest BCUT2D eigenvalue weighted by atomic mass is 16.8. The van der Waals surface area contributed by atoms with E-state index in [4.69, 9.17) is 23.7 Å². The van der Waals surface area contributed by atoms with Crippen LogP contribution in [-0.4, -0.2) is 48.7 Å². The van der Waals surface area contributed by atoms with Gasteiger partial charge in [0.15, 0.2) is 0 Å². The molecule has 2 fully saturated rings. The molecule has 0 unspecified atom stereocenters. The number of carbonyl (C=O) groups is 4. The fourth-order valence-electron chi connectivity index (χ4n) is 7.10. The molecule has 1 spiro atoms. The Morgan fingerprint density at radius 2 is 1.61 bits per heavy atom. The second kappa shape index (κ2) is 13.3. The molecule has 1 aromatic rings. The molecule has 0 bridgehead atoms. The monoisotopic (exact) mass is 606 g/mol. The molecule has 9 nitrogen and oxygen atoms in total. The summed E-state index contributed by atoms with van der Waals surface area (Å²) in [4.78, 5) is 50.4. The maximum Gasteiger partial charge on any atom is 0.331 e. The zero-order valence-corrected chi connectivity index (χ0v) is 26.2. The van der Waals surface area contributed by atoms with Crippen LogP contribution in [0.3, 0.4) is 0 Å². The Balaban J connectivity index is 1.90. The van der Waals surface area contributed by atoms with E-state index in [-0.39, 0.29) is 5.92 Å². The van der Waals surface area contributed by atoms with Crippen LogP contribution in [-0.2, 0) is 42.9 Å². The molecule has 236 valence electrons. The number of hydrogen-bond acceptors (Lipinski definition) is 9. The van der Waals surface area contributed by atoms with Crippen molar-refractivity contribution in [3.05, 3.63) is 77.9 Å². The minimum Gasteiger partial charge on any atom is -0.458 e. The summed E-state index contributed by atoms with van der Waals surface area (Å²) in [7, 11) is 0. The molecule has 1 aromatic carbocycles. The van der Waals surface area contributed by atoms with Crippen molar-refractivity contribution in [3.8, 4) is 0 Å². The van der Waals surface area contributed by atoms with Gasteiger partial charge in [-0.05, 0) is 61.2 Å². The molecule has 1 aliphatic heterocycles. The van der Waals surface area contributed by atoms with E-state index in [0.29, 0.717) is 24.8 Å². The summed E-state index contributed by atoms with van der Waals surface area (Å²) >= 11 is 0. The smallest absolute Gasteiger partial charge is 0.331 e. The third-order valence-electron chi connectivity index (χ3n) is 9.34. The second-order valence-corrected chi connectivity index (χ2v) is 12.2. The predicted octanol–water partition coefficient (Wildman–Crippen LogP) is 5.85. The van der Waals surface area contributed by atoms with E-state index < -0.39 is 65.4 Å². The van der Waals surface area contributed by atoms with E-state index in [0.717, 1.165) is 11.1 Å². The Morgan fingerprint density at radius 1 is 0.955 bits per heavy atom. The fourth-order valence-corrected chi connectivity index (χ4v) is 7.10. The standard InChI is InChI=1S/C35H42O9/c1-8-21(2)16-17-34(7)22(3)18-30(43-31(39)15-14-26-12-10-9-11-13-26)35-28(19-27(20-29(34)35)40-23(4)36)32(41-24(5)37)44-33(35)42-25(6)38/h8-16,19,22,27,29-30,32-33H,1,17-18,20H2,2-7H3/b15-14+,21-16+/t22-,27+,29+,30+,32+,33+,34-,35-/m0/s1. The first-order valence-corrected chi connectivity index (χ1v) is 14.9. The van der Waals surface area contributed by atoms with Gasteiger partial charge in [0.05, 0.1) is 0 Å². The summed E-state index contributed by atoms with van der Waals surface area (Å²) in [5, 5.41) is 0. The van der Waals surface area contributed by atoms with Crippen molar-refractivity contribution in [2.45, 2.75) is 85.6 Å². The largest absolute Gasteiger partial charge is 0.458 e. The van der Waals surface area contributed by atoms with Gasteiger partial charge < -0.3 is 18.9 Å². The topological polar surface area (TPSA) is 114 Å². The van der Waals surface area contributed by atoms with E-state index in [1.54, 1.807) is 18.2 Å². The summed E-state index contributed by atoms with van der Waals surface area (Å²) in [6.07, 6.45) is 5.97. The molecule has 0 aromatic heterocycles. The minimum absolute atomic E-state index is 0.00836. The maximum atomic E-state index is 13.4. The first-order valence-electron chi connectivity index (χ1n) is 14.9. The SMILES string of the molecule is C=C/C(C)=C/C[C@]1(C)[C@H]2C[C@H](OC(C)=O)C=C3[C@H](OC(C)=O)O[C@@H](OC(C)=O)[C@@]32[C@H](OC(=O)/C=C/c2ccccc2)C[C@@H]1C. The Morgan fingerprint density at radius 3 is 2.23 bits per heavy atom. The molecule has 3 aliphatic rings. The lowest BCUT2D eigenvalue weighted by Crippen LogP contribution is -2.64. The van der Waals surface area contributed by atoms with Gasteiger partial charge in [-0.25, -0.2) is 4.79 Å². The van der Waals surface area contributed by atoms with E-state index in [1.165, 1.54) is 26.8 Å². The highest BCUT2D eigenvalue weighted by Gasteiger charge is 2.72. The van der Waals surface area contributed by atoms with Gasteiger partial charge in [0.2, 0.25) is 12.6 Å².